The second-order valence-electron chi connectivity index (χ2n) is 5.48. The van der Waals surface area contributed by atoms with E-state index in [0.29, 0.717) is 23.8 Å². The predicted molar refractivity (Wildman–Crippen MR) is 83.6 cm³/mol. The van der Waals surface area contributed by atoms with Gasteiger partial charge in [-0.05, 0) is 51.2 Å². The average Bonchev–Trinajstić information content (AvgIpc) is 2.38. The summed E-state index contributed by atoms with van der Waals surface area (Å²) in [6.45, 7) is 6.85. The highest BCUT2D eigenvalue weighted by molar-refractivity contribution is 5.94. The molecule has 3 heteroatoms. The Hall–Kier alpha value is -1.77. The van der Waals surface area contributed by atoms with Gasteiger partial charge < -0.3 is 10.5 Å². The summed E-state index contributed by atoms with van der Waals surface area (Å²) in [7, 11) is 0. The third-order valence-electron chi connectivity index (χ3n) is 3.24. The second-order valence-corrected chi connectivity index (χ2v) is 5.48. The number of esters is 1. The minimum absolute atomic E-state index is 0.334. The highest BCUT2D eigenvalue weighted by Gasteiger charge is 2.10. The van der Waals surface area contributed by atoms with Crippen molar-refractivity contribution >= 4 is 11.7 Å². The highest BCUT2D eigenvalue weighted by atomic mass is 16.5. The summed E-state index contributed by atoms with van der Waals surface area (Å²) in [6, 6.07) is 6.99. The number of rotatable bonds is 7. The van der Waals surface area contributed by atoms with Gasteiger partial charge in [0, 0.05) is 5.69 Å². The van der Waals surface area contributed by atoms with Crippen LogP contribution in [0.4, 0.5) is 5.69 Å². The van der Waals surface area contributed by atoms with Gasteiger partial charge in [-0.1, -0.05) is 30.7 Å². The fourth-order valence-electron chi connectivity index (χ4n) is 1.91. The lowest BCUT2D eigenvalue weighted by molar-refractivity contribution is 0.0485. The quantitative estimate of drug-likeness (QED) is 0.461. The molecule has 0 heterocycles. The van der Waals surface area contributed by atoms with Crippen LogP contribution in [-0.2, 0) is 4.74 Å². The lowest BCUT2D eigenvalue weighted by Crippen LogP contribution is -2.10. The Balaban J connectivity index is 2.29. The van der Waals surface area contributed by atoms with E-state index in [4.69, 9.17) is 10.5 Å². The molecule has 0 aromatic heterocycles. The van der Waals surface area contributed by atoms with E-state index < -0.39 is 0 Å². The molecule has 3 nitrogen and oxygen atoms in total. The highest BCUT2D eigenvalue weighted by Crippen LogP contribution is 2.14. The molecule has 0 unspecified atom stereocenters. The smallest absolute Gasteiger partial charge is 0.340 e. The molecule has 1 rings (SSSR count). The SMILES string of the molecule is CC(C)=CCC[C@H](C)CCOC(=O)c1ccccc1N. The van der Waals surface area contributed by atoms with E-state index in [1.165, 1.54) is 5.57 Å². The van der Waals surface area contributed by atoms with E-state index in [0.717, 1.165) is 19.3 Å². The van der Waals surface area contributed by atoms with Gasteiger partial charge in [0.1, 0.15) is 0 Å². The predicted octanol–water partition coefficient (Wildman–Crippen LogP) is 4.20. The number of hydrogen-bond acceptors (Lipinski definition) is 3. The third-order valence-corrected chi connectivity index (χ3v) is 3.24. The number of anilines is 1. The first kappa shape index (κ1) is 16.3. The van der Waals surface area contributed by atoms with Crippen molar-refractivity contribution in [3.8, 4) is 0 Å². The van der Waals surface area contributed by atoms with Gasteiger partial charge in [-0.15, -0.1) is 0 Å². The molecule has 0 saturated carbocycles. The van der Waals surface area contributed by atoms with Crippen molar-refractivity contribution < 1.29 is 9.53 Å². The van der Waals surface area contributed by atoms with Gasteiger partial charge in [0.05, 0.1) is 12.2 Å². The third kappa shape index (κ3) is 5.91. The average molecular weight is 275 g/mol. The van der Waals surface area contributed by atoms with Crippen LogP contribution in [-0.4, -0.2) is 12.6 Å². The maximum Gasteiger partial charge on any atom is 0.340 e. The van der Waals surface area contributed by atoms with Crippen molar-refractivity contribution in [1.29, 1.82) is 0 Å². The number of nitrogen functional groups attached to an aromatic ring is 1. The van der Waals surface area contributed by atoms with Crippen molar-refractivity contribution in [2.24, 2.45) is 5.92 Å². The Morgan fingerprint density at radius 2 is 2.00 bits per heavy atom. The van der Waals surface area contributed by atoms with Crippen LogP contribution in [0.5, 0.6) is 0 Å². The van der Waals surface area contributed by atoms with Crippen molar-refractivity contribution in [2.45, 2.75) is 40.0 Å². The minimum atomic E-state index is -0.334. The summed E-state index contributed by atoms with van der Waals surface area (Å²) >= 11 is 0. The van der Waals surface area contributed by atoms with Crippen LogP contribution in [0.3, 0.4) is 0 Å². The van der Waals surface area contributed by atoms with Crippen molar-refractivity contribution in [3.05, 3.63) is 41.5 Å². The van der Waals surface area contributed by atoms with E-state index in [2.05, 4.69) is 26.8 Å². The lowest BCUT2D eigenvalue weighted by Gasteiger charge is -2.11. The number of hydrogen-bond donors (Lipinski definition) is 1. The van der Waals surface area contributed by atoms with Crippen LogP contribution >= 0.6 is 0 Å². The van der Waals surface area contributed by atoms with E-state index in [-0.39, 0.29) is 5.97 Å². The minimum Gasteiger partial charge on any atom is -0.462 e. The molecule has 1 atom stereocenters. The Labute approximate surface area is 121 Å². The molecule has 1 aromatic carbocycles. The number of carbonyl (C=O) groups is 1. The molecular weight excluding hydrogens is 250 g/mol. The molecule has 20 heavy (non-hydrogen) atoms. The van der Waals surface area contributed by atoms with Gasteiger partial charge in [-0.3, -0.25) is 0 Å². The molecule has 0 spiro atoms. The largest absolute Gasteiger partial charge is 0.462 e. The van der Waals surface area contributed by atoms with Crippen molar-refractivity contribution in [1.82, 2.24) is 0 Å². The molecule has 110 valence electrons. The van der Waals surface area contributed by atoms with Gasteiger partial charge in [0.25, 0.3) is 0 Å². The monoisotopic (exact) mass is 275 g/mol. The first-order valence-electron chi connectivity index (χ1n) is 7.15. The van der Waals surface area contributed by atoms with Gasteiger partial charge in [0.2, 0.25) is 0 Å². The molecule has 1 aromatic rings. The molecule has 2 N–H and O–H groups in total. The molecular formula is C17H25NO2. The summed E-state index contributed by atoms with van der Waals surface area (Å²) in [5.41, 5.74) is 8.01. The molecule has 0 aliphatic rings. The van der Waals surface area contributed by atoms with Crippen LogP contribution < -0.4 is 5.73 Å². The molecule has 0 saturated heterocycles. The van der Waals surface area contributed by atoms with Gasteiger partial charge >= 0.3 is 5.97 Å². The Morgan fingerprint density at radius 3 is 2.65 bits per heavy atom. The molecule has 0 amide bonds. The summed E-state index contributed by atoms with van der Waals surface area (Å²) in [5, 5.41) is 0. The summed E-state index contributed by atoms with van der Waals surface area (Å²) in [5.74, 6) is 0.214. The zero-order chi connectivity index (χ0) is 15.0. The van der Waals surface area contributed by atoms with Crippen LogP contribution in [0, 0.1) is 5.92 Å². The molecule has 0 radical (unpaired) electrons. The topological polar surface area (TPSA) is 52.3 Å². The van der Waals surface area contributed by atoms with Crippen LogP contribution in [0.2, 0.25) is 0 Å². The summed E-state index contributed by atoms with van der Waals surface area (Å²) in [4.78, 5) is 11.8. The first-order chi connectivity index (χ1) is 9.50. The fourth-order valence-corrected chi connectivity index (χ4v) is 1.91. The van der Waals surface area contributed by atoms with Crippen LogP contribution in [0.1, 0.15) is 50.4 Å². The van der Waals surface area contributed by atoms with E-state index >= 15 is 0 Å². The first-order valence-corrected chi connectivity index (χ1v) is 7.15. The fraction of sp³-hybridized carbons (Fsp3) is 0.471. The Bertz CT molecular complexity index is 462. The standard InChI is InChI=1S/C17H25NO2/c1-13(2)7-6-8-14(3)11-12-20-17(19)15-9-4-5-10-16(15)18/h4-5,7,9-10,14H,6,8,11-12,18H2,1-3H3/t14-/m0/s1. The number of para-hydroxylation sites is 1. The molecule has 0 aliphatic heterocycles. The number of nitrogens with two attached hydrogens (primary N) is 1. The van der Waals surface area contributed by atoms with E-state index in [9.17, 15) is 4.79 Å². The Kier molecular flexibility index (Phi) is 6.85. The molecule has 0 fully saturated rings. The molecule has 0 aliphatic carbocycles. The maximum atomic E-state index is 11.8. The van der Waals surface area contributed by atoms with Gasteiger partial charge in [0.15, 0.2) is 0 Å². The summed E-state index contributed by atoms with van der Waals surface area (Å²) in [6.07, 6.45) is 5.33. The Morgan fingerprint density at radius 1 is 1.30 bits per heavy atom. The second kappa shape index (κ2) is 8.41. The number of ether oxygens (including phenoxy) is 1. The number of carbonyl (C=O) groups excluding carboxylic acids is 1. The maximum absolute atomic E-state index is 11.8. The zero-order valence-corrected chi connectivity index (χ0v) is 12.7. The van der Waals surface area contributed by atoms with Crippen molar-refractivity contribution in [3.63, 3.8) is 0 Å². The van der Waals surface area contributed by atoms with E-state index in [1.807, 2.05) is 0 Å². The lowest BCUT2D eigenvalue weighted by atomic mass is 10.0. The molecule has 0 bridgehead atoms. The van der Waals surface area contributed by atoms with Crippen LogP contribution in [0.25, 0.3) is 0 Å². The normalized spacial score (nSPS) is 11.8. The van der Waals surface area contributed by atoms with E-state index in [1.54, 1.807) is 24.3 Å². The summed E-state index contributed by atoms with van der Waals surface area (Å²) < 4.78 is 5.27. The zero-order valence-electron chi connectivity index (χ0n) is 12.7. The number of benzene rings is 1. The van der Waals surface area contributed by atoms with Crippen LogP contribution in [0.15, 0.2) is 35.9 Å². The van der Waals surface area contributed by atoms with Gasteiger partial charge in [-0.25, -0.2) is 4.79 Å². The number of allylic oxidation sites excluding steroid dienone is 2. The van der Waals surface area contributed by atoms with Gasteiger partial charge in [-0.2, -0.15) is 0 Å². The van der Waals surface area contributed by atoms with Crippen molar-refractivity contribution in [2.75, 3.05) is 12.3 Å².